The van der Waals surface area contributed by atoms with Crippen molar-refractivity contribution in [2.45, 2.75) is 26.3 Å². The van der Waals surface area contributed by atoms with Gasteiger partial charge in [0.1, 0.15) is 17.5 Å². The van der Waals surface area contributed by atoms with Gasteiger partial charge in [0.05, 0.1) is 20.6 Å². The molecule has 0 spiro atoms. The maximum atomic E-state index is 12.0. The van der Waals surface area contributed by atoms with Gasteiger partial charge in [0.15, 0.2) is 0 Å². The number of benzene rings is 1. The quantitative estimate of drug-likeness (QED) is 0.795. The molecule has 6 nitrogen and oxygen atoms in total. The fourth-order valence-corrected chi connectivity index (χ4v) is 1.93. The molecule has 0 aliphatic heterocycles. The summed E-state index contributed by atoms with van der Waals surface area (Å²) in [5.41, 5.74) is 0.641. The number of carbonyl (C=O) groups excluding carboxylic acids is 1. The molecular weight excluding hydrogens is 274 g/mol. The first-order valence-corrected chi connectivity index (χ1v) is 6.62. The van der Waals surface area contributed by atoms with Crippen molar-refractivity contribution in [2.75, 3.05) is 14.2 Å². The van der Waals surface area contributed by atoms with Crippen LogP contribution < -0.4 is 14.8 Å². The van der Waals surface area contributed by atoms with Gasteiger partial charge in [-0.3, -0.25) is 4.79 Å². The molecule has 1 aromatic carbocycles. The molecule has 6 heteroatoms. The van der Waals surface area contributed by atoms with Crippen LogP contribution in [-0.2, 0) is 16.0 Å². The zero-order chi connectivity index (χ0) is 16.0. The molecule has 116 valence electrons. The van der Waals surface area contributed by atoms with E-state index in [0.29, 0.717) is 17.1 Å². The average Bonchev–Trinajstić information content (AvgIpc) is 2.43. The van der Waals surface area contributed by atoms with E-state index in [1.807, 2.05) is 0 Å². The second kappa shape index (κ2) is 7.52. The molecule has 0 radical (unpaired) electrons. The van der Waals surface area contributed by atoms with Crippen LogP contribution in [0.15, 0.2) is 18.2 Å². The Morgan fingerprint density at radius 3 is 2.38 bits per heavy atom. The van der Waals surface area contributed by atoms with Crippen LogP contribution in [0.4, 0.5) is 0 Å². The van der Waals surface area contributed by atoms with E-state index in [4.69, 9.17) is 14.6 Å². The van der Waals surface area contributed by atoms with Gasteiger partial charge >= 0.3 is 5.97 Å². The highest BCUT2D eigenvalue weighted by Gasteiger charge is 2.23. The van der Waals surface area contributed by atoms with Gasteiger partial charge < -0.3 is 19.9 Å². The van der Waals surface area contributed by atoms with E-state index < -0.39 is 12.0 Å². The number of carboxylic acid groups (broad SMARTS) is 1. The first-order chi connectivity index (χ1) is 9.88. The number of methoxy groups -OCH3 is 2. The third-order valence-corrected chi connectivity index (χ3v) is 3.09. The van der Waals surface area contributed by atoms with Gasteiger partial charge in [-0.15, -0.1) is 0 Å². The van der Waals surface area contributed by atoms with Gasteiger partial charge in [0, 0.05) is 5.56 Å². The number of rotatable bonds is 7. The van der Waals surface area contributed by atoms with E-state index in [1.54, 1.807) is 32.0 Å². The summed E-state index contributed by atoms with van der Waals surface area (Å²) >= 11 is 0. The Hall–Kier alpha value is -2.24. The maximum Gasteiger partial charge on any atom is 0.326 e. The first-order valence-electron chi connectivity index (χ1n) is 6.62. The minimum absolute atomic E-state index is 0.0247. The SMILES string of the molecule is COc1ccc(OC)c(CC(=O)N[C@@H](C(=O)O)C(C)C)c1. The smallest absolute Gasteiger partial charge is 0.326 e. The van der Waals surface area contributed by atoms with Crippen molar-refractivity contribution in [3.05, 3.63) is 23.8 Å². The summed E-state index contributed by atoms with van der Waals surface area (Å²) in [6.45, 7) is 3.48. The third kappa shape index (κ3) is 4.66. The van der Waals surface area contributed by atoms with Gasteiger partial charge in [-0.25, -0.2) is 4.79 Å². The zero-order valence-corrected chi connectivity index (χ0v) is 12.7. The summed E-state index contributed by atoms with van der Waals surface area (Å²) in [5.74, 6) is -0.447. The Bertz CT molecular complexity index is 513. The van der Waals surface area contributed by atoms with Crippen molar-refractivity contribution in [2.24, 2.45) is 5.92 Å². The van der Waals surface area contributed by atoms with Crippen LogP contribution >= 0.6 is 0 Å². The van der Waals surface area contributed by atoms with Gasteiger partial charge in [-0.2, -0.15) is 0 Å². The zero-order valence-electron chi connectivity index (χ0n) is 12.7. The number of ether oxygens (including phenoxy) is 2. The molecule has 0 aliphatic rings. The summed E-state index contributed by atoms with van der Waals surface area (Å²) in [7, 11) is 3.04. The van der Waals surface area contributed by atoms with Crippen molar-refractivity contribution in [3.63, 3.8) is 0 Å². The lowest BCUT2D eigenvalue weighted by Gasteiger charge is -2.18. The number of nitrogens with one attached hydrogen (secondary N) is 1. The molecule has 0 saturated heterocycles. The number of hydrogen-bond donors (Lipinski definition) is 2. The fourth-order valence-electron chi connectivity index (χ4n) is 1.93. The van der Waals surface area contributed by atoms with Crippen molar-refractivity contribution < 1.29 is 24.2 Å². The van der Waals surface area contributed by atoms with E-state index >= 15 is 0 Å². The molecule has 0 saturated carbocycles. The number of carbonyl (C=O) groups is 2. The second-order valence-corrected chi connectivity index (χ2v) is 4.98. The van der Waals surface area contributed by atoms with Crippen LogP contribution in [0.5, 0.6) is 11.5 Å². The number of amides is 1. The molecule has 2 N–H and O–H groups in total. The molecule has 21 heavy (non-hydrogen) atoms. The van der Waals surface area contributed by atoms with E-state index in [1.165, 1.54) is 14.2 Å². The summed E-state index contributed by atoms with van der Waals surface area (Å²) in [6.07, 6.45) is 0.0247. The topological polar surface area (TPSA) is 84.9 Å². The third-order valence-electron chi connectivity index (χ3n) is 3.09. The second-order valence-electron chi connectivity index (χ2n) is 4.98. The number of carboxylic acids is 1. The Morgan fingerprint density at radius 1 is 1.24 bits per heavy atom. The Morgan fingerprint density at radius 2 is 1.90 bits per heavy atom. The predicted molar refractivity (Wildman–Crippen MR) is 77.7 cm³/mol. The molecule has 0 fully saturated rings. The van der Waals surface area contributed by atoms with E-state index in [9.17, 15) is 9.59 Å². The Balaban J connectivity index is 2.85. The van der Waals surface area contributed by atoms with Gasteiger partial charge in [-0.05, 0) is 24.1 Å². The lowest BCUT2D eigenvalue weighted by molar-refractivity contribution is -0.143. The van der Waals surface area contributed by atoms with Gasteiger partial charge in [-0.1, -0.05) is 13.8 Å². The van der Waals surface area contributed by atoms with Crippen LogP contribution in [0, 0.1) is 5.92 Å². The molecule has 1 amide bonds. The van der Waals surface area contributed by atoms with Crippen LogP contribution in [0.3, 0.4) is 0 Å². The Labute approximate surface area is 124 Å². The lowest BCUT2D eigenvalue weighted by Crippen LogP contribution is -2.44. The molecule has 1 aromatic rings. The van der Waals surface area contributed by atoms with Crippen LogP contribution in [0.25, 0.3) is 0 Å². The maximum absolute atomic E-state index is 12.0. The Kier molecular flexibility index (Phi) is 6.02. The van der Waals surface area contributed by atoms with Gasteiger partial charge in [0.25, 0.3) is 0 Å². The average molecular weight is 295 g/mol. The lowest BCUT2D eigenvalue weighted by atomic mass is 10.0. The number of hydrogen-bond acceptors (Lipinski definition) is 4. The van der Waals surface area contributed by atoms with Crippen LogP contribution in [0.2, 0.25) is 0 Å². The number of aliphatic carboxylic acids is 1. The van der Waals surface area contributed by atoms with E-state index in [0.717, 1.165) is 0 Å². The van der Waals surface area contributed by atoms with E-state index in [-0.39, 0.29) is 18.2 Å². The first kappa shape index (κ1) is 16.8. The van der Waals surface area contributed by atoms with Crippen LogP contribution in [0.1, 0.15) is 19.4 Å². The fraction of sp³-hybridized carbons (Fsp3) is 0.467. The highest BCUT2D eigenvalue weighted by molar-refractivity contribution is 5.85. The van der Waals surface area contributed by atoms with Gasteiger partial charge in [0.2, 0.25) is 5.91 Å². The monoisotopic (exact) mass is 295 g/mol. The summed E-state index contributed by atoms with van der Waals surface area (Å²) < 4.78 is 10.3. The summed E-state index contributed by atoms with van der Waals surface area (Å²) in [6, 6.07) is 4.23. The molecule has 1 atom stereocenters. The van der Waals surface area contributed by atoms with Crippen molar-refractivity contribution in [1.29, 1.82) is 0 Å². The molecule has 1 rings (SSSR count). The molecule has 0 aliphatic carbocycles. The van der Waals surface area contributed by atoms with Crippen molar-refractivity contribution in [1.82, 2.24) is 5.32 Å². The highest BCUT2D eigenvalue weighted by Crippen LogP contribution is 2.24. The highest BCUT2D eigenvalue weighted by atomic mass is 16.5. The molecule has 0 aromatic heterocycles. The van der Waals surface area contributed by atoms with Crippen molar-refractivity contribution in [3.8, 4) is 11.5 Å². The predicted octanol–water partition coefficient (Wildman–Crippen LogP) is 1.47. The van der Waals surface area contributed by atoms with E-state index in [2.05, 4.69) is 5.32 Å². The summed E-state index contributed by atoms with van der Waals surface area (Å²) in [5, 5.41) is 11.6. The summed E-state index contributed by atoms with van der Waals surface area (Å²) in [4.78, 5) is 23.1. The standard InChI is InChI=1S/C15H21NO5/c1-9(2)14(15(18)19)16-13(17)8-10-7-11(20-3)5-6-12(10)21-4/h5-7,9,14H,8H2,1-4H3,(H,16,17)(H,18,19)/t14-/m1/s1. The van der Waals surface area contributed by atoms with Crippen LogP contribution in [-0.4, -0.2) is 37.2 Å². The van der Waals surface area contributed by atoms with Crippen molar-refractivity contribution >= 4 is 11.9 Å². The largest absolute Gasteiger partial charge is 0.497 e. The normalized spacial score (nSPS) is 11.9. The molecule has 0 bridgehead atoms. The molecule has 0 unspecified atom stereocenters. The molecular formula is C15H21NO5. The molecule has 0 heterocycles. The minimum Gasteiger partial charge on any atom is -0.497 e. The minimum atomic E-state index is -1.05.